The minimum absolute atomic E-state index is 0.206. The van der Waals surface area contributed by atoms with Crippen LogP contribution in [0, 0.1) is 0 Å². The number of hydrogen-bond donors (Lipinski definition) is 2. The molecule has 0 fully saturated rings. The third-order valence-electron chi connectivity index (χ3n) is 2.09. The molecule has 0 bridgehead atoms. The van der Waals surface area contributed by atoms with E-state index in [9.17, 15) is 4.79 Å². The summed E-state index contributed by atoms with van der Waals surface area (Å²) in [4.78, 5) is 10.9. The van der Waals surface area contributed by atoms with Crippen LogP contribution in [0.4, 0.5) is 0 Å². The van der Waals surface area contributed by atoms with Crippen molar-refractivity contribution in [3.8, 4) is 0 Å². The van der Waals surface area contributed by atoms with Crippen LogP contribution in [0.2, 0.25) is 0 Å². The van der Waals surface area contributed by atoms with Crippen molar-refractivity contribution in [3.05, 3.63) is 22.2 Å². The SMILES string of the molecule is CC(C)(N)CC(C)(C)c1cc(=O)[nH]o1. The molecular weight excluding hydrogens is 180 g/mol. The van der Waals surface area contributed by atoms with Gasteiger partial charge < -0.3 is 10.3 Å². The summed E-state index contributed by atoms with van der Waals surface area (Å²) in [6, 6.07) is 1.48. The van der Waals surface area contributed by atoms with Crippen molar-refractivity contribution < 1.29 is 4.52 Å². The molecule has 0 spiro atoms. The second-order valence-electron chi connectivity index (χ2n) is 5.13. The molecule has 3 N–H and O–H groups in total. The lowest BCUT2D eigenvalue weighted by molar-refractivity contribution is 0.266. The van der Waals surface area contributed by atoms with Crippen LogP contribution in [-0.2, 0) is 5.41 Å². The van der Waals surface area contributed by atoms with Gasteiger partial charge in [0, 0.05) is 17.0 Å². The van der Waals surface area contributed by atoms with Crippen molar-refractivity contribution in [1.82, 2.24) is 5.16 Å². The largest absolute Gasteiger partial charge is 0.383 e. The molecule has 0 aliphatic heterocycles. The molecule has 80 valence electrons. The molecule has 4 nitrogen and oxygen atoms in total. The molecule has 0 radical (unpaired) electrons. The minimum atomic E-state index is -0.278. The lowest BCUT2D eigenvalue weighted by atomic mass is 9.79. The highest BCUT2D eigenvalue weighted by molar-refractivity contribution is 5.10. The van der Waals surface area contributed by atoms with Crippen molar-refractivity contribution in [1.29, 1.82) is 0 Å². The van der Waals surface area contributed by atoms with Crippen molar-refractivity contribution >= 4 is 0 Å². The van der Waals surface area contributed by atoms with Gasteiger partial charge in [-0.2, -0.15) is 5.16 Å². The highest BCUT2D eigenvalue weighted by Gasteiger charge is 2.30. The minimum Gasteiger partial charge on any atom is -0.383 e. The summed E-state index contributed by atoms with van der Waals surface area (Å²) in [5, 5.41) is 2.29. The Labute approximate surface area is 83.5 Å². The molecule has 0 saturated carbocycles. The molecular formula is C10H18N2O2. The van der Waals surface area contributed by atoms with Crippen LogP contribution in [0.3, 0.4) is 0 Å². The van der Waals surface area contributed by atoms with Crippen molar-refractivity contribution in [3.63, 3.8) is 0 Å². The first-order chi connectivity index (χ1) is 6.21. The van der Waals surface area contributed by atoms with Crippen LogP contribution >= 0.6 is 0 Å². The van der Waals surface area contributed by atoms with Gasteiger partial charge in [-0.15, -0.1) is 0 Å². The van der Waals surface area contributed by atoms with E-state index in [0.29, 0.717) is 5.76 Å². The van der Waals surface area contributed by atoms with Gasteiger partial charge in [0.25, 0.3) is 5.56 Å². The Morgan fingerprint density at radius 1 is 1.43 bits per heavy atom. The van der Waals surface area contributed by atoms with E-state index >= 15 is 0 Å². The molecule has 1 aromatic rings. The van der Waals surface area contributed by atoms with E-state index in [1.807, 2.05) is 27.7 Å². The maximum Gasteiger partial charge on any atom is 0.280 e. The van der Waals surface area contributed by atoms with Crippen LogP contribution in [0.5, 0.6) is 0 Å². The van der Waals surface area contributed by atoms with Gasteiger partial charge in [0.05, 0.1) is 0 Å². The van der Waals surface area contributed by atoms with Gasteiger partial charge in [0.2, 0.25) is 0 Å². The number of rotatable bonds is 3. The van der Waals surface area contributed by atoms with Crippen LogP contribution in [-0.4, -0.2) is 10.7 Å². The average Bonchev–Trinajstić information content (AvgIpc) is 2.29. The molecule has 0 atom stereocenters. The summed E-state index contributed by atoms with van der Waals surface area (Å²) in [6.45, 7) is 7.93. The van der Waals surface area contributed by atoms with Crippen LogP contribution in [0.25, 0.3) is 0 Å². The van der Waals surface area contributed by atoms with E-state index < -0.39 is 0 Å². The summed E-state index contributed by atoms with van der Waals surface area (Å²) in [7, 11) is 0. The molecule has 1 heterocycles. The Morgan fingerprint density at radius 3 is 2.36 bits per heavy atom. The standard InChI is InChI=1S/C10H18N2O2/c1-9(2,6-10(3,4)11)7-5-8(13)12-14-7/h5H,6,11H2,1-4H3,(H,12,13). The summed E-state index contributed by atoms with van der Waals surface area (Å²) in [5.41, 5.74) is 5.23. The summed E-state index contributed by atoms with van der Waals surface area (Å²) in [6.07, 6.45) is 0.751. The van der Waals surface area contributed by atoms with Gasteiger partial charge in [0.15, 0.2) is 0 Å². The first-order valence-electron chi connectivity index (χ1n) is 4.69. The number of nitrogens with two attached hydrogens (primary N) is 1. The number of nitrogens with one attached hydrogen (secondary N) is 1. The zero-order chi connectivity index (χ0) is 11.0. The summed E-state index contributed by atoms with van der Waals surface area (Å²) >= 11 is 0. The van der Waals surface area contributed by atoms with E-state index in [0.717, 1.165) is 6.42 Å². The first kappa shape index (κ1) is 11.0. The Morgan fingerprint density at radius 2 is 2.00 bits per heavy atom. The summed E-state index contributed by atoms with van der Waals surface area (Å²) in [5.74, 6) is 0.654. The van der Waals surface area contributed by atoms with E-state index in [1.165, 1.54) is 6.07 Å². The first-order valence-corrected chi connectivity index (χ1v) is 4.69. The lowest BCUT2D eigenvalue weighted by Crippen LogP contribution is -2.39. The van der Waals surface area contributed by atoms with E-state index in [1.54, 1.807) is 0 Å². The van der Waals surface area contributed by atoms with Gasteiger partial charge in [0.1, 0.15) is 5.76 Å². The topological polar surface area (TPSA) is 72.0 Å². The second-order valence-corrected chi connectivity index (χ2v) is 5.13. The molecule has 14 heavy (non-hydrogen) atoms. The van der Waals surface area contributed by atoms with Crippen LogP contribution in [0.15, 0.2) is 15.4 Å². The molecule has 0 amide bonds. The highest BCUT2D eigenvalue weighted by atomic mass is 16.5. The second kappa shape index (κ2) is 3.28. The fourth-order valence-corrected chi connectivity index (χ4v) is 1.84. The molecule has 0 aliphatic rings. The average molecular weight is 198 g/mol. The fourth-order valence-electron chi connectivity index (χ4n) is 1.84. The van der Waals surface area contributed by atoms with Crippen LogP contribution < -0.4 is 11.3 Å². The zero-order valence-corrected chi connectivity index (χ0v) is 9.18. The molecule has 0 saturated heterocycles. The van der Waals surface area contributed by atoms with Gasteiger partial charge in [-0.3, -0.25) is 4.79 Å². The molecule has 4 heteroatoms. The highest BCUT2D eigenvalue weighted by Crippen LogP contribution is 2.29. The fraction of sp³-hybridized carbons (Fsp3) is 0.700. The maximum absolute atomic E-state index is 10.9. The smallest absolute Gasteiger partial charge is 0.280 e. The monoisotopic (exact) mass is 198 g/mol. The van der Waals surface area contributed by atoms with Crippen LogP contribution in [0.1, 0.15) is 39.9 Å². The number of hydrogen-bond acceptors (Lipinski definition) is 3. The van der Waals surface area contributed by atoms with Gasteiger partial charge in [-0.1, -0.05) is 13.8 Å². The Hall–Kier alpha value is -1.03. The molecule has 1 rings (SSSR count). The van der Waals surface area contributed by atoms with Crippen molar-refractivity contribution in [2.75, 3.05) is 0 Å². The lowest BCUT2D eigenvalue weighted by Gasteiger charge is -2.29. The molecule has 0 unspecified atom stereocenters. The van der Waals surface area contributed by atoms with E-state index in [4.69, 9.17) is 10.3 Å². The van der Waals surface area contributed by atoms with E-state index in [2.05, 4.69) is 5.16 Å². The Kier molecular flexibility index (Phi) is 2.58. The Balaban J connectivity index is 2.91. The number of H-pyrrole nitrogens is 1. The summed E-state index contributed by atoms with van der Waals surface area (Å²) < 4.78 is 5.08. The van der Waals surface area contributed by atoms with E-state index in [-0.39, 0.29) is 16.5 Å². The van der Waals surface area contributed by atoms with Gasteiger partial charge in [-0.05, 0) is 20.3 Å². The third kappa shape index (κ3) is 2.73. The number of aromatic nitrogens is 1. The zero-order valence-electron chi connectivity index (χ0n) is 9.18. The van der Waals surface area contributed by atoms with Gasteiger partial charge >= 0.3 is 0 Å². The van der Waals surface area contributed by atoms with Crippen molar-refractivity contribution in [2.24, 2.45) is 5.73 Å². The molecule has 1 aromatic heterocycles. The number of aromatic amines is 1. The normalized spacial score (nSPS) is 13.2. The quantitative estimate of drug-likeness (QED) is 0.770. The Bertz CT molecular complexity index is 355. The van der Waals surface area contributed by atoms with Gasteiger partial charge in [-0.25, -0.2) is 0 Å². The van der Waals surface area contributed by atoms with Crippen molar-refractivity contribution in [2.45, 2.75) is 45.1 Å². The molecule has 0 aliphatic carbocycles. The predicted molar refractivity (Wildman–Crippen MR) is 55.2 cm³/mol. The third-order valence-corrected chi connectivity index (χ3v) is 2.09. The maximum atomic E-state index is 10.9. The predicted octanol–water partition coefficient (Wildman–Crippen LogP) is 1.37. The molecule has 0 aromatic carbocycles.